The van der Waals surface area contributed by atoms with Crippen LogP contribution in [-0.4, -0.2) is 45.5 Å². The Kier molecular flexibility index (Phi) is 6.34. The van der Waals surface area contributed by atoms with Gasteiger partial charge < -0.3 is 15.0 Å². The molecule has 6 nitrogen and oxygen atoms in total. The van der Waals surface area contributed by atoms with Crippen LogP contribution in [0.5, 0.6) is 5.88 Å². The largest absolute Gasteiger partial charge is 0.474 e. The van der Waals surface area contributed by atoms with Crippen LogP contribution in [0.1, 0.15) is 41.6 Å². The molecule has 7 heteroatoms. The van der Waals surface area contributed by atoms with E-state index in [9.17, 15) is 9.59 Å². The van der Waals surface area contributed by atoms with Gasteiger partial charge in [0.2, 0.25) is 11.8 Å². The van der Waals surface area contributed by atoms with Crippen molar-refractivity contribution < 1.29 is 14.3 Å². The van der Waals surface area contributed by atoms with Gasteiger partial charge in [-0.1, -0.05) is 24.3 Å². The molecule has 2 amide bonds. The van der Waals surface area contributed by atoms with E-state index in [0.717, 1.165) is 18.4 Å². The molecular formula is C22H25N3O3S. The minimum absolute atomic E-state index is 0.109. The second kappa shape index (κ2) is 9.31. The van der Waals surface area contributed by atoms with Gasteiger partial charge in [0.25, 0.3) is 5.91 Å². The third-order valence-electron chi connectivity index (χ3n) is 5.35. The average Bonchev–Trinajstić information content (AvgIpc) is 3.45. The van der Waals surface area contributed by atoms with Crippen LogP contribution < -0.4 is 10.1 Å². The van der Waals surface area contributed by atoms with Gasteiger partial charge in [-0.2, -0.15) is 0 Å². The number of carbonyl (C=O) groups excluding carboxylic acids is 2. The van der Waals surface area contributed by atoms with E-state index >= 15 is 0 Å². The van der Waals surface area contributed by atoms with Gasteiger partial charge in [0.15, 0.2) is 0 Å². The highest BCUT2D eigenvalue weighted by molar-refractivity contribution is 7.99. The first-order chi connectivity index (χ1) is 14.2. The van der Waals surface area contributed by atoms with Gasteiger partial charge in [0, 0.05) is 29.6 Å². The lowest BCUT2D eigenvalue weighted by Gasteiger charge is -2.23. The number of nitrogens with zero attached hydrogens (tertiary/aromatic N) is 2. The standard InChI is InChI=1S/C22H25N3O3S/c26-20(19-14-29-15-25(19)22(27)16-7-2-1-3-8-16)24-13-17-9-6-12-23-21(17)28-18-10-4-5-11-18/h1-3,6-9,12,18-19H,4-5,10-11,13-15H2,(H,24,26). The van der Waals surface area contributed by atoms with Crippen LogP contribution in [0.15, 0.2) is 48.7 Å². The Morgan fingerprint density at radius 2 is 1.93 bits per heavy atom. The quantitative estimate of drug-likeness (QED) is 0.790. The summed E-state index contributed by atoms with van der Waals surface area (Å²) in [6.07, 6.45) is 6.41. The Labute approximate surface area is 175 Å². The summed E-state index contributed by atoms with van der Waals surface area (Å²) >= 11 is 1.59. The molecule has 0 spiro atoms. The van der Waals surface area contributed by atoms with E-state index < -0.39 is 6.04 Å². The molecule has 2 aromatic rings. The van der Waals surface area contributed by atoms with Crippen molar-refractivity contribution in [3.8, 4) is 5.88 Å². The monoisotopic (exact) mass is 411 g/mol. The number of benzene rings is 1. The Morgan fingerprint density at radius 3 is 2.72 bits per heavy atom. The topological polar surface area (TPSA) is 71.5 Å². The first-order valence-corrected chi connectivity index (χ1v) is 11.2. The van der Waals surface area contributed by atoms with E-state index in [1.165, 1.54) is 12.8 Å². The third kappa shape index (κ3) is 4.72. The molecule has 2 fully saturated rings. The minimum Gasteiger partial charge on any atom is -0.474 e. The van der Waals surface area contributed by atoms with Crippen LogP contribution in [0.3, 0.4) is 0 Å². The van der Waals surface area contributed by atoms with E-state index in [4.69, 9.17) is 4.74 Å². The maximum Gasteiger partial charge on any atom is 0.255 e. The van der Waals surface area contributed by atoms with Crippen LogP contribution in [0, 0.1) is 0 Å². The summed E-state index contributed by atoms with van der Waals surface area (Å²) in [4.78, 5) is 31.6. The van der Waals surface area contributed by atoms with Crippen LogP contribution in [0.25, 0.3) is 0 Å². The number of thioether (sulfide) groups is 1. The molecule has 29 heavy (non-hydrogen) atoms. The molecule has 2 aliphatic rings. The molecule has 1 saturated carbocycles. The van der Waals surface area contributed by atoms with Gasteiger partial charge in [-0.15, -0.1) is 11.8 Å². The molecule has 4 rings (SSSR count). The summed E-state index contributed by atoms with van der Waals surface area (Å²) in [5, 5.41) is 2.98. The van der Waals surface area contributed by atoms with Crippen molar-refractivity contribution >= 4 is 23.6 Å². The lowest BCUT2D eigenvalue weighted by molar-refractivity contribution is -0.124. The van der Waals surface area contributed by atoms with Crippen molar-refractivity contribution in [3.05, 3.63) is 59.8 Å². The number of carbonyl (C=O) groups is 2. The number of nitrogens with one attached hydrogen (secondary N) is 1. The van der Waals surface area contributed by atoms with Crippen LogP contribution in [-0.2, 0) is 11.3 Å². The minimum atomic E-state index is -0.469. The Hall–Kier alpha value is -2.54. The molecule has 2 heterocycles. The maximum absolute atomic E-state index is 12.8. The number of hydrogen-bond acceptors (Lipinski definition) is 5. The fourth-order valence-electron chi connectivity index (χ4n) is 3.74. The first-order valence-electron chi connectivity index (χ1n) is 10.0. The summed E-state index contributed by atoms with van der Waals surface area (Å²) in [6.45, 7) is 0.337. The molecule has 0 bridgehead atoms. The number of hydrogen-bond donors (Lipinski definition) is 1. The summed E-state index contributed by atoms with van der Waals surface area (Å²) in [5.41, 5.74) is 1.46. The van der Waals surface area contributed by atoms with Crippen molar-refractivity contribution in [2.45, 2.75) is 44.4 Å². The summed E-state index contributed by atoms with van der Waals surface area (Å²) < 4.78 is 6.05. The Balaban J connectivity index is 1.39. The zero-order valence-corrected chi connectivity index (χ0v) is 17.1. The fraction of sp³-hybridized carbons (Fsp3) is 0.409. The predicted octanol–water partition coefficient (Wildman–Crippen LogP) is 3.23. The highest BCUT2D eigenvalue weighted by atomic mass is 32.2. The van der Waals surface area contributed by atoms with Gasteiger partial charge in [-0.3, -0.25) is 9.59 Å². The molecule has 1 aliphatic heterocycles. The van der Waals surface area contributed by atoms with E-state index in [2.05, 4.69) is 10.3 Å². The number of ether oxygens (including phenoxy) is 1. The highest BCUT2D eigenvalue weighted by Gasteiger charge is 2.35. The number of rotatable bonds is 6. The average molecular weight is 412 g/mol. The summed E-state index contributed by atoms with van der Waals surface area (Å²) in [7, 11) is 0. The number of aromatic nitrogens is 1. The first kappa shape index (κ1) is 19.8. The van der Waals surface area contributed by atoms with E-state index in [1.807, 2.05) is 30.3 Å². The van der Waals surface area contributed by atoms with Crippen LogP contribution in [0.2, 0.25) is 0 Å². The fourth-order valence-corrected chi connectivity index (χ4v) is 4.89. The second-order valence-corrected chi connectivity index (χ2v) is 8.37. The van der Waals surface area contributed by atoms with E-state index in [-0.39, 0.29) is 17.9 Å². The molecule has 1 unspecified atom stereocenters. The lowest BCUT2D eigenvalue weighted by Crippen LogP contribution is -2.47. The van der Waals surface area contributed by atoms with Crippen molar-refractivity contribution in [1.29, 1.82) is 0 Å². The SMILES string of the molecule is O=C(NCc1cccnc1OC1CCCC1)C1CSCN1C(=O)c1ccccc1. The smallest absolute Gasteiger partial charge is 0.255 e. The lowest BCUT2D eigenvalue weighted by atomic mass is 10.1. The van der Waals surface area contributed by atoms with Crippen molar-refractivity contribution in [2.24, 2.45) is 0 Å². The van der Waals surface area contributed by atoms with Gasteiger partial charge in [-0.05, 0) is 43.9 Å². The van der Waals surface area contributed by atoms with Crippen LogP contribution >= 0.6 is 11.8 Å². The second-order valence-electron chi connectivity index (χ2n) is 7.37. The summed E-state index contributed by atoms with van der Waals surface area (Å²) in [6, 6.07) is 12.4. The zero-order chi connectivity index (χ0) is 20.1. The molecule has 1 aromatic heterocycles. The van der Waals surface area contributed by atoms with Gasteiger partial charge >= 0.3 is 0 Å². The molecule has 1 aromatic carbocycles. The maximum atomic E-state index is 12.8. The van der Waals surface area contributed by atoms with Crippen molar-refractivity contribution in [2.75, 3.05) is 11.6 Å². The Morgan fingerprint density at radius 1 is 1.14 bits per heavy atom. The normalized spacial score (nSPS) is 19.3. The van der Waals surface area contributed by atoms with Gasteiger partial charge in [-0.25, -0.2) is 4.98 Å². The molecular weight excluding hydrogens is 386 g/mol. The predicted molar refractivity (Wildman–Crippen MR) is 113 cm³/mol. The highest BCUT2D eigenvalue weighted by Crippen LogP contribution is 2.26. The van der Waals surface area contributed by atoms with E-state index in [1.54, 1.807) is 35.0 Å². The zero-order valence-electron chi connectivity index (χ0n) is 16.3. The Bertz CT molecular complexity index is 855. The third-order valence-corrected chi connectivity index (χ3v) is 6.36. The molecule has 0 radical (unpaired) electrons. The molecule has 1 saturated heterocycles. The van der Waals surface area contributed by atoms with Crippen molar-refractivity contribution in [1.82, 2.24) is 15.2 Å². The molecule has 1 N–H and O–H groups in total. The summed E-state index contributed by atoms with van der Waals surface area (Å²) in [5.74, 6) is 1.47. The van der Waals surface area contributed by atoms with Crippen LogP contribution in [0.4, 0.5) is 0 Å². The molecule has 1 aliphatic carbocycles. The molecule has 1 atom stereocenters. The number of amides is 2. The van der Waals surface area contributed by atoms with E-state index in [0.29, 0.717) is 29.6 Å². The van der Waals surface area contributed by atoms with Gasteiger partial charge in [0.05, 0.1) is 5.88 Å². The van der Waals surface area contributed by atoms with Crippen molar-refractivity contribution in [3.63, 3.8) is 0 Å². The molecule has 152 valence electrons. The number of pyridine rings is 1. The van der Waals surface area contributed by atoms with Gasteiger partial charge in [0.1, 0.15) is 12.1 Å².